The molecule has 23 heavy (non-hydrogen) atoms. The Balaban J connectivity index is 1.52. The molecule has 5 atom stereocenters. The average Bonchev–Trinajstić information content (AvgIpc) is 3.21. The predicted molar refractivity (Wildman–Crippen MR) is 81.8 cm³/mol. The molecule has 0 aliphatic carbocycles. The molecule has 0 saturated carbocycles. The van der Waals surface area contributed by atoms with Crippen molar-refractivity contribution in [2.24, 2.45) is 0 Å². The summed E-state index contributed by atoms with van der Waals surface area (Å²) in [7, 11) is 0. The van der Waals surface area contributed by atoms with Crippen LogP contribution < -0.4 is 5.32 Å². The van der Waals surface area contributed by atoms with E-state index in [1.54, 1.807) is 29.5 Å². The molecule has 2 N–H and O–H groups in total. The summed E-state index contributed by atoms with van der Waals surface area (Å²) in [6.45, 7) is 0.959. The lowest BCUT2D eigenvalue weighted by atomic mass is 9.96. The maximum Gasteiger partial charge on any atom is 0.183 e. The van der Waals surface area contributed by atoms with Crippen molar-refractivity contribution in [3.8, 4) is 0 Å². The largest absolute Gasteiger partial charge is 0.389 e. The molecule has 2 fully saturated rings. The summed E-state index contributed by atoms with van der Waals surface area (Å²) in [5, 5.41) is 18.9. The Morgan fingerprint density at radius 2 is 2.35 bits per heavy atom. The second-order valence-corrected chi connectivity index (χ2v) is 6.12. The fraction of sp³-hybridized carbons (Fsp3) is 0.467. The summed E-state index contributed by atoms with van der Waals surface area (Å²) in [6, 6.07) is 3.01. The third-order valence-corrected chi connectivity index (χ3v) is 4.69. The van der Waals surface area contributed by atoms with Crippen LogP contribution in [-0.4, -0.2) is 51.0 Å². The number of ether oxygens (including phenoxy) is 2. The number of aromatic nitrogens is 3. The Morgan fingerprint density at radius 3 is 3.13 bits per heavy atom. The zero-order valence-corrected chi connectivity index (χ0v) is 13.0. The minimum Gasteiger partial charge on any atom is -0.389 e. The van der Waals surface area contributed by atoms with E-state index < -0.39 is 12.4 Å². The quantitative estimate of drug-likeness (QED) is 0.857. The Bertz CT molecular complexity index is 669. The van der Waals surface area contributed by atoms with Crippen molar-refractivity contribution >= 4 is 11.6 Å². The van der Waals surface area contributed by atoms with Crippen LogP contribution in [0.25, 0.3) is 0 Å². The maximum absolute atomic E-state index is 10.8. The standard InChI is InChI=1S/C15H17ClN4O3/c16-10-7-17-4-2-9(10)6-18-12-11-8-22-15(23-11)13(14(12)21)20-5-1-3-19-20/h1-5,7,11-15,18,21H,6,8H2/t11-,12-,13-,14+,15-/m1/s1. The molecule has 0 radical (unpaired) electrons. The lowest BCUT2D eigenvalue weighted by Gasteiger charge is -2.38. The second kappa shape index (κ2) is 6.18. The van der Waals surface area contributed by atoms with Gasteiger partial charge in [-0.3, -0.25) is 9.67 Å². The van der Waals surface area contributed by atoms with Gasteiger partial charge in [-0.15, -0.1) is 0 Å². The van der Waals surface area contributed by atoms with Gasteiger partial charge < -0.3 is 19.9 Å². The zero-order valence-electron chi connectivity index (χ0n) is 12.2. The Kier molecular flexibility index (Phi) is 4.04. The van der Waals surface area contributed by atoms with Crippen molar-refractivity contribution in [1.82, 2.24) is 20.1 Å². The van der Waals surface area contributed by atoms with E-state index in [2.05, 4.69) is 15.4 Å². The summed E-state index contributed by atoms with van der Waals surface area (Å²) in [5.41, 5.74) is 0.922. The second-order valence-electron chi connectivity index (χ2n) is 5.72. The highest BCUT2D eigenvalue weighted by Gasteiger charge is 2.51. The molecule has 122 valence electrons. The highest BCUT2D eigenvalue weighted by Crippen LogP contribution is 2.35. The molecule has 8 heteroatoms. The van der Waals surface area contributed by atoms with E-state index in [1.807, 2.05) is 12.1 Å². The summed E-state index contributed by atoms with van der Waals surface area (Å²) in [5.74, 6) is 0. The van der Waals surface area contributed by atoms with Gasteiger partial charge >= 0.3 is 0 Å². The average molecular weight is 337 g/mol. The lowest BCUT2D eigenvalue weighted by Crippen LogP contribution is -2.57. The molecule has 2 aromatic heterocycles. The number of hydrogen-bond acceptors (Lipinski definition) is 6. The van der Waals surface area contributed by atoms with Crippen molar-refractivity contribution in [3.05, 3.63) is 47.5 Å². The van der Waals surface area contributed by atoms with Crippen LogP contribution in [0.15, 0.2) is 36.9 Å². The first-order chi connectivity index (χ1) is 11.2. The number of nitrogens with zero attached hydrogens (tertiary/aromatic N) is 3. The third-order valence-electron chi connectivity index (χ3n) is 4.35. The highest BCUT2D eigenvalue weighted by atomic mass is 35.5. The Hall–Kier alpha value is -1.51. The molecule has 0 unspecified atom stereocenters. The number of rotatable bonds is 4. The molecule has 0 aromatic carbocycles. The monoisotopic (exact) mass is 336 g/mol. The summed E-state index contributed by atoms with van der Waals surface area (Å²) in [4.78, 5) is 3.97. The fourth-order valence-corrected chi connectivity index (χ4v) is 3.35. The van der Waals surface area contributed by atoms with E-state index in [1.165, 1.54) is 0 Å². The minimum atomic E-state index is -0.679. The SMILES string of the molecule is O[C@H]1[C@H](NCc2ccncc2Cl)[C@H]2CO[C@H](O2)[C@@H]1n1cccn1. The molecular formula is C15H17ClN4O3. The lowest BCUT2D eigenvalue weighted by molar-refractivity contribution is -0.168. The highest BCUT2D eigenvalue weighted by molar-refractivity contribution is 6.31. The van der Waals surface area contributed by atoms with Gasteiger partial charge in [0.15, 0.2) is 6.29 Å². The van der Waals surface area contributed by atoms with Crippen molar-refractivity contribution in [2.75, 3.05) is 6.61 Å². The first-order valence-corrected chi connectivity index (χ1v) is 7.88. The minimum absolute atomic E-state index is 0.192. The molecule has 2 bridgehead atoms. The molecule has 0 spiro atoms. The van der Waals surface area contributed by atoms with Gasteiger partial charge in [0.25, 0.3) is 0 Å². The number of hydrogen-bond donors (Lipinski definition) is 2. The zero-order chi connectivity index (χ0) is 15.8. The normalized spacial score (nSPS) is 33.0. The van der Waals surface area contributed by atoms with Crippen LogP contribution in [-0.2, 0) is 16.0 Å². The summed E-state index contributed by atoms with van der Waals surface area (Å²) < 4.78 is 13.2. The number of aliphatic hydroxyl groups excluding tert-OH is 1. The predicted octanol–water partition coefficient (Wildman–Crippen LogP) is 0.747. The first kappa shape index (κ1) is 15.0. The molecule has 7 nitrogen and oxygen atoms in total. The molecule has 2 saturated heterocycles. The molecule has 2 aliphatic rings. The topological polar surface area (TPSA) is 81.4 Å². The number of pyridine rings is 1. The van der Waals surface area contributed by atoms with Gasteiger partial charge in [0.05, 0.1) is 23.8 Å². The van der Waals surface area contributed by atoms with Crippen LogP contribution in [0.4, 0.5) is 0 Å². The van der Waals surface area contributed by atoms with Crippen LogP contribution in [0.3, 0.4) is 0 Å². The molecular weight excluding hydrogens is 320 g/mol. The van der Waals surface area contributed by atoms with Crippen LogP contribution in [0, 0.1) is 0 Å². The fourth-order valence-electron chi connectivity index (χ4n) is 3.17. The third kappa shape index (κ3) is 2.75. The molecule has 4 heterocycles. The maximum atomic E-state index is 10.8. The van der Waals surface area contributed by atoms with Crippen LogP contribution >= 0.6 is 11.6 Å². The van der Waals surface area contributed by atoms with Gasteiger partial charge in [0.1, 0.15) is 12.1 Å². The smallest absolute Gasteiger partial charge is 0.183 e. The van der Waals surface area contributed by atoms with E-state index in [0.29, 0.717) is 18.2 Å². The Morgan fingerprint density at radius 1 is 1.43 bits per heavy atom. The van der Waals surface area contributed by atoms with E-state index in [-0.39, 0.29) is 18.2 Å². The van der Waals surface area contributed by atoms with E-state index in [0.717, 1.165) is 5.56 Å². The van der Waals surface area contributed by atoms with Gasteiger partial charge in [-0.1, -0.05) is 11.6 Å². The van der Waals surface area contributed by atoms with Crippen LogP contribution in [0.5, 0.6) is 0 Å². The van der Waals surface area contributed by atoms with E-state index in [4.69, 9.17) is 21.1 Å². The summed E-state index contributed by atoms with van der Waals surface area (Å²) >= 11 is 6.13. The van der Waals surface area contributed by atoms with Crippen molar-refractivity contribution in [2.45, 2.75) is 37.1 Å². The van der Waals surface area contributed by atoms with Gasteiger partial charge in [0.2, 0.25) is 0 Å². The summed E-state index contributed by atoms with van der Waals surface area (Å²) in [6.07, 6.45) is 5.43. The molecule has 2 aliphatic heterocycles. The van der Waals surface area contributed by atoms with Crippen LogP contribution in [0.1, 0.15) is 11.6 Å². The van der Waals surface area contributed by atoms with Gasteiger partial charge in [-0.2, -0.15) is 5.10 Å². The van der Waals surface area contributed by atoms with Gasteiger partial charge in [0, 0.05) is 31.3 Å². The van der Waals surface area contributed by atoms with Crippen molar-refractivity contribution < 1.29 is 14.6 Å². The van der Waals surface area contributed by atoms with Crippen molar-refractivity contribution in [3.63, 3.8) is 0 Å². The first-order valence-electron chi connectivity index (χ1n) is 7.50. The van der Waals surface area contributed by atoms with E-state index in [9.17, 15) is 5.11 Å². The number of fused-ring (bicyclic) bond motifs is 2. The number of nitrogens with one attached hydrogen (secondary N) is 1. The number of aliphatic hydroxyl groups is 1. The van der Waals surface area contributed by atoms with Gasteiger partial charge in [-0.25, -0.2) is 0 Å². The van der Waals surface area contributed by atoms with Gasteiger partial charge in [-0.05, 0) is 17.7 Å². The molecule has 4 rings (SSSR count). The van der Waals surface area contributed by atoms with Crippen molar-refractivity contribution in [1.29, 1.82) is 0 Å². The van der Waals surface area contributed by atoms with Crippen LogP contribution in [0.2, 0.25) is 5.02 Å². The molecule has 0 amide bonds. The van der Waals surface area contributed by atoms with E-state index >= 15 is 0 Å². The molecule has 2 aromatic rings. The Labute approximate surface area is 138 Å². The number of halogens is 1.